The molecule has 2 rings (SSSR count). The van der Waals surface area contributed by atoms with E-state index in [0.717, 1.165) is 11.1 Å². The molecular formula is C23H27NO2. The van der Waals surface area contributed by atoms with Gasteiger partial charge in [-0.2, -0.15) is 0 Å². The summed E-state index contributed by atoms with van der Waals surface area (Å²) in [5.74, 6) is 0. The molecule has 2 aromatic carbocycles. The molecule has 1 unspecified atom stereocenters. The Kier molecular flexibility index (Phi) is 6.79. The summed E-state index contributed by atoms with van der Waals surface area (Å²) in [6.07, 6.45) is 7.18. The van der Waals surface area contributed by atoms with Crippen LogP contribution in [0.5, 0.6) is 0 Å². The van der Waals surface area contributed by atoms with E-state index in [2.05, 4.69) is 0 Å². The van der Waals surface area contributed by atoms with E-state index in [1.165, 1.54) is 0 Å². The molecular weight excluding hydrogens is 322 g/mol. The number of carbonyl (C=O) groups excluding carboxylic acids is 1. The van der Waals surface area contributed by atoms with Crippen molar-refractivity contribution in [1.29, 1.82) is 0 Å². The fraction of sp³-hybridized carbons (Fsp3) is 0.261. The van der Waals surface area contributed by atoms with E-state index < -0.39 is 5.60 Å². The summed E-state index contributed by atoms with van der Waals surface area (Å²) in [6, 6.07) is 19.8. The van der Waals surface area contributed by atoms with Gasteiger partial charge in [0, 0.05) is 6.20 Å². The van der Waals surface area contributed by atoms with Gasteiger partial charge in [-0.25, -0.2) is 4.79 Å². The summed E-state index contributed by atoms with van der Waals surface area (Å²) >= 11 is 0. The zero-order valence-corrected chi connectivity index (χ0v) is 15.9. The first kappa shape index (κ1) is 19.5. The summed E-state index contributed by atoms with van der Waals surface area (Å²) in [7, 11) is 0. The average Bonchev–Trinajstić information content (AvgIpc) is 2.61. The Bertz CT molecular complexity index is 743. The maximum Gasteiger partial charge on any atom is 0.414 e. The molecule has 0 bridgehead atoms. The van der Waals surface area contributed by atoms with Gasteiger partial charge in [0.2, 0.25) is 0 Å². The van der Waals surface area contributed by atoms with Crippen molar-refractivity contribution in [3.05, 3.63) is 90.1 Å². The molecule has 0 saturated carbocycles. The van der Waals surface area contributed by atoms with Crippen LogP contribution in [-0.4, -0.2) is 16.6 Å². The smallest absolute Gasteiger partial charge is 0.414 e. The van der Waals surface area contributed by atoms with Crippen LogP contribution in [0.15, 0.2) is 79.0 Å². The first-order chi connectivity index (χ1) is 12.4. The quantitative estimate of drug-likeness (QED) is 0.600. The minimum Gasteiger partial charge on any atom is -0.443 e. The average molecular weight is 349 g/mol. The predicted octanol–water partition coefficient (Wildman–Crippen LogP) is 6.21. The highest BCUT2D eigenvalue weighted by molar-refractivity contribution is 5.70. The highest BCUT2D eigenvalue weighted by atomic mass is 16.6. The highest BCUT2D eigenvalue weighted by Gasteiger charge is 2.25. The topological polar surface area (TPSA) is 29.5 Å². The summed E-state index contributed by atoms with van der Waals surface area (Å²) < 4.78 is 5.57. The van der Waals surface area contributed by atoms with Gasteiger partial charge in [-0.3, -0.25) is 4.90 Å². The van der Waals surface area contributed by atoms with Gasteiger partial charge in [0.1, 0.15) is 5.60 Å². The van der Waals surface area contributed by atoms with Crippen molar-refractivity contribution < 1.29 is 9.53 Å². The van der Waals surface area contributed by atoms with Crippen molar-refractivity contribution in [2.75, 3.05) is 0 Å². The minimum absolute atomic E-state index is 0.132. The van der Waals surface area contributed by atoms with E-state index in [4.69, 9.17) is 4.74 Å². The molecule has 1 amide bonds. The normalized spacial score (nSPS) is 13.1. The Morgan fingerprint density at radius 2 is 1.54 bits per heavy atom. The van der Waals surface area contributed by atoms with Gasteiger partial charge in [0.15, 0.2) is 0 Å². The Balaban J connectivity index is 2.18. The van der Waals surface area contributed by atoms with Gasteiger partial charge < -0.3 is 4.74 Å². The van der Waals surface area contributed by atoms with Crippen molar-refractivity contribution in [2.24, 2.45) is 0 Å². The summed E-state index contributed by atoms with van der Waals surface area (Å²) in [5, 5.41) is 0. The molecule has 26 heavy (non-hydrogen) atoms. The molecule has 0 aliphatic carbocycles. The van der Waals surface area contributed by atoms with Crippen LogP contribution in [0.2, 0.25) is 0 Å². The van der Waals surface area contributed by atoms with Crippen LogP contribution in [-0.2, 0) is 4.74 Å². The standard InChI is InChI=1S/C23H27NO2/c1-19(21-16-9-6-10-17-21)24(22(25)26-23(2,3)4)18-12-11-15-20-13-7-5-8-14-20/h5-19H,1-4H3/b15-11+,18-12+. The number of nitrogens with zero attached hydrogens (tertiary/aromatic N) is 1. The van der Waals surface area contributed by atoms with Crippen molar-refractivity contribution in [3.63, 3.8) is 0 Å². The summed E-state index contributed by atoms with van der Waals surface area (Å²) in [6.45, 7) is 7.60. The fourth-order valence-corrected chi connectivity index (χ4v) is 2.43. The zero-order valence-electron chi connectivity index (χ0n) is 15.9. The first-order valence-corrected chi connectivity index (χ1v) is 8.83. The van der Waals surface area contributed by atoms with Gasteiger partial charge >= 0.3 is 6.09 Å². The van der Waals surface area contributed by atoms with Crippen molar-refractivity contribution in [1.82, 2.24) is 4.90 Å². The van der Waals surface area contributed by atoms with Crippen LogP contribution in [0.25, 0.3) is 6.08 Å². The minimum atomic E-state index is -0.542. The van der Waals surface area contributed by atoms with E-state index in [1.54, 1.807) is 11.1 Å². The highest BCUT2D eigenvalue weighted by Crippen LogP contribution is 2.23. The lowest BCUT2D eigenvalue weighted by molar-refractivity contribution is 0.0278. The predicted molar refractivity (Wildman–Crippen MR) is 108 cm³/mol. The SMILES string of the molecule is CC(c1ccccc1)N(/C=C/C=C/c1ccccc1)C(=O)OC(C)(C)C. The summed E-state index contributed by atoms with van der Waals surface area (Å²) in [4.78, 5) is 14.3. The van der Waals surface area contributed by atoms with Crippen LogP contribution < -0.4 is 0 Å². The molecule has 136 valence electrons. The molecule has 0 aromatic heterocycles. The Labute approximate surface area is 156 Å². The molecule has 0 heterocycles. The third-order valence-electron chi connectivity index (χ3n) is 3.75. The number of ether oxygens (including phenoxy) is 1. The van der Waals surface area contributed by atoms with Crippen LogP contribution in [0.4, 0.5) is 4.79 Å². The van der Waals surface area contributed by atoms with Gasteiger partial charge in [0.05, 0.1) is 6.04 Å². The molecule has 2 aromatic rings. The lowest BCUT2D eigenvalue weighted by atomic mass is 10.1. The van der Waals surface area contributed by atoms with Crippen LogP contribution in [0.3, 0.4) is 0 Å². The number of rotatable bonds is 5. The lowest BCUT2D eigenvalue weighted by Crippen LogP contribution is -2.35. The maximum atomic E-state index is 12.7. The molecule has 3 heteroatoms. The second kappa shape index (κ2) is 9.04. The molecule has 3 nitrogen and oxygen atoms in total. The van der Waals surface area contributed by atoms with Crippen LogP contribution in [0.1, 0.15) is 44.9 Å². The number of hydrogen-bond donors (Lipinski definition) is 0. The number of hydrogen-bond acceptors (Lipinski definition) is 2. The van der Waals surface area contributed by atoms with E-state index in [-0.39, 0.29) is 12.1 Å². The van der Waals surface area contributed by atoms with E-state index in [0.29, 0.717) is 0 Å². The third-order valence-corrected chi connectivity index (χ3v) is 3.75. The zero-order chi connectivity index (χ0) is 19.0. The van der Waals surface area contributed by atoms with Gasteiger partial charge in [0.25, 0.3) is 0 Å². The lowest BCUT2D eigenvalue weighted by Gasteiger charge is -2.29. The van der Waals surface area contributed by atoms with Gasteiger partial charge in [-0.05, 0) is 44.9 Å². The third kappa shape index (κ3) is 6.25. The molecule has 0 aliphatic heterocycles. The number of carbonyl (C=O) groups is 1. The largest absolute Gasteiger partial charge is 0.443 e. The first-order valence-electron chi connectivity index (χ1n) is 8.83. The van der Waals surface area contributed by atoms with Crippen LogP contribution >= 0.6 is 0 Å². The Hall–Kier alpha value is -2.81. The Morgan fingerprint density at radius 1 is 0.962 bits per heavy atom. The number of amides is 1. The fourth-order valence-electron chi connectivity index (χ4n) is 2.43. The molecule has 1 atom stereocenters. The van der Waals surface area contributed by atoms with Crippen molar-refractivity contribution in [3.8, 4) is 0 Å². The molecule has 0 saturated heterocycles. The molecule has 0 aliphatic rings. The molecule has 0 radical (unpaired) electrons. The molecule has 0 N–H and O–H groups in total. The van der Waals surface area contributed by atoms with Crippen molar-refractivity contribution >= 4 is 12.2 Å². The maximum absolute atomic E-state index is 12.7. The number of benzene rings is 2. The van der Waals surface area contributed by atoms with Crippen molar-refractivity contribution in [2.45, 2.75) is 39.3 Å². The van der Waals surface area contributed by atoms with Crippen LogP contribution in [0, 0.1) is 0 Å². The van der Waals surface area contributed by atoms with E-state index in [1.807, 2.05) is 107 Å². The monoisotopic (exact) mass is 349 g/mol. The second-order valence-electron chi connectivity index (χ2n) is 7.09. The van der Waals surface area contributed by atoms with E-state index in [9.17, 15) is 4.79 Å². The Morgan fingerprint density at radius 3 is 2.12 bits per heavy atom. The van der Waals surface area contributed by atoms with Gasteiger partial charge in [-0.1, -0.05) is 72.8 Å². The molecule has 0 fully saturated rings. The van der Waals surface area contributed by atoms with Gasteiger partial charge in [-0.15, -0.1) is 0 Å². The summed E-state index contributed by atoms with van der Waals surface area (Å²) in [5.41, 5.74) is 1.62. The number of allylic oxidation sites excluding steroid dienone is 2. The van der Waals surface area contributed by atoms with E-state index >= 15 is 0 Å². The second-order valence-corrected chi connectivity index (χ2v) is 7.09. The molecule has 0 spiro atoms.